The molecule has 0 saturated carbocycles. The van der Waals surface area contributed by atoms with E-state index in [0.717, 1.165) is 11.6 Å². The van der Waals surface area contributed by atoms with E-state index in [-0.39, 0.29) is 6.61 Å². The van der Waals surface area contributed by atoms with Crippen molar-refractivity contribution < 1.29 is 19.7 Å². The van der Waals surface area contributed by atoms with Gasteiger partial charge in [-0.1, -0.05) is 18.7 Å². The van der Waals surface area contributed by atoms with Crippen LogP contribution in [0, 0.1) is 0 Å². The fourth-order valence-corrected chi connectivity index (χ4v) is 0.774. The Hall–Kier alpha value is -1.81. The summed E-state index contributed by atoms with van der Waals surface area (Å²) in [7, 11) is 0. The molecule has 0 radical (unpaired) electrons. The maximum absolute atomic E-state index is 10.6. The number of aliphatic hydroxyl groups is 1. The Morgan fingerprint density at radius 3 is 2.57 bits per heavy atom. The summed E-state index contributed by atoms with van der Waals surface area (Å²) in [4.78, 5) is 19.6. The Kier molecular flexibility index (Phi) is 3.69. The fraction of sp³-hybridized carbons (Fsp3) is 0.100. The molecule has 74 valence electrons. The number of rotatable bonds is 4. The average Bonchev–Trinajstić information content (AvgIpc) is 2.26. The number of carbonyl (C=O) groups excluding carboxylic acids is 1. The molecule has 0 spiro atoms. The van der Waals surface area contributed by atoms with Crippen LogP contribution >= 0.6 is 0 Å². The molecule has 14 heavy (non-hydrogen) atoms. The summed E-state index contributed by atoms with van der Waals surface area (Å²) in [6.45, 7) is 3.18. The molecular formula is C10H10O4. The van der Waals surface area contributed by atoms with E-state index < -0.39 is 5.97 Å². The van der Waals surface area contributed by atoms with Gasteiger partial charge in [-0.15, -0.1) is 0 Å². The van der Waals surface area contributed by atoms with Crippen molar-refractivity contribution in [3.8, 4) is 5.75 Å². The lowest BCUT2D eigenvalue weighted by molar-refractivity contribution is -0.207. The van der Waals surface area contributed by atoms with Gasteiger partial charge in [-0.2, -0.15) is 0 Å². The lowest BCUT2D eigenvalue weighted by atomic mass is 10.2. The van der Waals surface area contributed by atoms with E-state index in [1.807, 2.05) is 0 Å². The van der Waals surface area contributed by atoms with Gasteiger partial charge in [0, 0.05) is 6.08 Å². The third-order valence-electron chi connectivity index (χ3n) is 1.49. The zero-order chi connectivity index (χ0) is 10.4. The van der Waals surface area contributed by atoms with Gasteiger partial charge in [0.25, 0.3) is 0 Å². The molecule has 0 fully saturated rings. The Morgan fingerprint density at radius 2 is 2.07 bits per heavy atom. The van der Waals surface area contributed by atoms with E-state index in [1.54, 1.807) is 24.3 Å². The van der Waals surface area contributed by atoms with Crippen molar-refractivity contribution in [2.45, 2.75) is 6.61 Å². The van der Waals surface area contributed by atoms with E-state index in [1.165, 1.54) is 0 Å². The third kappa shape index (κ3) is 2.91. The van der Waals surface area contributed by atoms with Crippen molar-refractivity contribution in [2.24, 2.45) is 0 Å². The van der Waals surface area contributed by atoms with Crippen LogP contribution < -0.4 is 4.89 Å². The smallest absolute Gasteiger partial charge is 0.378 e. The molecule has 4 heteroatoms. The molecule has 0 atom stereocenters. The first kappa shape index (κ1) is 10.3. The van der Waals surface area contributed by atoms with Crippen molar-refractivity contribution in [3.05, 3.63) is 42.5 Å². The molecule has 0 bridgehead atoms. The third-order valence-corrected chi connectivity index (χ3v) is 1.49. The van der Waals surface area contributed by atoms with Crippen LogP contribution in [0.2, 0.25) is 0 Å². The first-order chi connectivity index (χ1) is 6.76. The van der Waals surface area contributed by atoms with Crippen LogP contribution in [0.4, 0.5) is 0 Å². The molecule has 0 heterocycles. The predicted octanol–water partition coefficient (Wildman–Crippen LogP) is 1.20. The average molecular weight is 194 g/mol. The Bertz CT molecular complexity index is 315. The van der Waals surface area contributed by atoms with Crippen LogP contribution in [0.15, 0.2) is 36.9 Å². The standard InChI is InChI=1S/C10H10O4/c1-2-10(12)14-13-9-5-3-8(7-11)4-6-9/h2-6,11H,1,7H2. The molecule has 0 saturated heterocycles. The van der Waals surface area contributed by atoms with Gasteiger partial charge in [0.05, 0.1) is 6.61 Å². The summed E-state index contributed by atoms with van der Waals surface area (Å²) in [5, 5.41) is 8.75. The van der Waals surface area contributed by atoms with Gasteiger partial charge in [-0.25, -0.2) is 9.68 Å². The molecule has 0 aliphatic rings. The highest BCUT2D eigenvalue weighted by atomic mass is 17.2. The summed E-state index contributed by atoms with van der Waals surface area (Å²) >= 11 is 0. The van der Waals surface area contributed by atoms with Crippen molar-refractivity contribution in [2.75, 3.05) is 0 Å². The van der Waals surface area contributed by atoms with Gasteiger partial charge < -0.3 is 5.11 Å². The second-order valence-corrected chi connectivity index (χ2v) is 2.49. The minimum Gasteiger partial charge on any atom is -0.392 e. The summed E-state index contributed by atoms with van der Waals surface area (Å²) < 4.78 is 0. The molecule has 0 amide bonds. The maximum Gasteiger partial charge on any atom is 0.378 e. The maximum atomic E-state index is 10.6. The van der Waals surface area contributed by atoms with E-state index in [9.17, 15) is 4.79 Å². The Labute approximate surface area is 81.3 Å². The van der Waals surface area contributed by atoms with Gasteiger partial charge in [0.1, 0.15) is 0 Å². The van der Waals surface area contributed by atoms with Gasteiger partial charge in [-0.3, -0.25) is 4.89 Å². The minimum atomic E-state index is -0.656. The summed E-state index contributed by atoms with van der Waals surface area (Å²) in [6.07, 6.45) is 1.00. The highest BCUT2D eigenvalue weighted by Gasteiger charge is 1.99. The van der Waals surface area contributed by atoms with Gasteiger partial charge in [0.2, 0.25) is 0 Å². The second kappa shape index (κ2) is 5.04. The SMILES string of the molecule is C=CC(=O)OOc1ccc(CO)cc1. The molecule has 0 aromatic heterocycles. The van der Waals surface area contributed by atoms with Gasteiger partial charge in [-0.05, 0) is 17.7 Å². The molecule has 1 aromatic rings. The van der Waals surface area contributed by atoms with Crippen LogP contribution in [-0.2, 0) is 16.3 Å². The van der Waals surface area contributed by atoms with Crippen molar-refractivity contribution in [3.63, 3.8) is 0 Å². The summed E-state index contributed by atoms with van der Waals surface area (Å²) in [5.41, 5.74) is 0.757. The molecule has 0 aliphatic heterocycles. The Morgan fingerprint density at radius 1 is 1.43 bits per heavy atom. The molecule has 1 rings (SSSR count). The number of benzene rings is 1. The molecule has 4 nitrogen and oxygen atoms in total. The zero-order valence-corrected chi connectivity index (χ0v) is 7.47. The zero-order valence-electron chi connectivity index (χ0n) is 7.47. The van der Waals surface area contributed by atoms with Crippen LogP contribution in [-0.4, -0.2) is 11.1 Å². The van der Waals surface area contributed by atoms with Crippen molar-refractivity contribution >= 4 is 5.97 Å². The normalized spacial score (nSPS) is 9.21. The molecule has 1 N–H and O–H groups in total. The molecule has 1 aromatic carbocycles. The van der Waals surface area contributed by atoms with E-state index in [2.05, 4.69) is 16.4 Å². The van der Waals surface area contributed by atoms with Gasteiger partial charge in [0.15, 0.2) is 5.75 Å². The lowest BCUT2D eigenvalue weighted by Crippen LogP contribution is -2.03. The summed E-state index contributed by atoms with van der Waals surface area (Å²) in [5.74, 6) is -0.270. The summed E-state index contributed by atoms with van der Waals surface area (Å²) in [6, 6.07) is 6.50. The van der Waals surface area contributed by atoms with Crippen LogP contribution in [0.3, 0.4) is 0 Å². The quantitative estimate of drug-likeness (QED) is 0.444. The van der Waals surface area contributed by atoms with Crippen molar-refractivity contribution in [1.82, 2.24) is 0 Å². The topological polar surface area (TPSA) is 55.8 Å². The van der Waals surface area contributed by atoms with Crippen molar-refractivity contribution in [1.29, 1.82) is 0 Å². The highest BCUT2D eigenvalue weighted by Crippen LogP contribution is 2.12. The number of hydrogen-bond donors (Lipinski definition) is 1. The monoisotopic (exact) mass is 194 g/mol. The van der Waals surface area contributed by atoms with Crippen LogP contribution in [0.1, 0.15) is 5.56 Å². The molecular weight excluding hydrogens is 184 g/mol. The number of carbonyl (C=O) groups is 1. The van der Waals surface area contributed by atoms with Gasteiger partial charge >= 0.3 is 5.97 Å². The first-order valence-electron chi connectivity index (χ1n) is 3.97. The highest BCUT2D eigenvalue weighted by molar-refractivity contribution is 5.80. The van der Waals surface area contributed by atoms with E-state index in [4.69, 9.17) is 5.11 Å². The first-order valence-corrected chi connectivity index (χ1v) is 3.97. The molecule has 0 aliphatic carbocycles. The second-order valence-electron chi connectivity index (χ2n) is 2.49. The predicted molar refractivity (Wildman–Crippen MR) is 49.3 cm³/mol. The number of aliphatic hydroxyl groups excluding tert-OH is 1. The largest absolute Gasteiger partial charge is 0.392 e. The van der Waals surface area contributed by atoms with E-state index in [0.29, 0.717) is 5.75 Å². The number of hydrogen-bond acceptors (Lipinski definition) is 4. The van der Waals surface area contributed by atoms with E-state index >= 15 is 0 Å². The minimum absolute atomic E-state index is 0.0350. The van der Waals surface area contributed by atoms with Crippen LogP contribution in [0.25, 0.3) is 0 Å². The lowest BCUT2D eigenvalue weighted by Gasteiger charge is -2.02. The fourth-order valence-electron chi connectivity index (χ4n) is 0.774. The van der Waals surface area contributed by atoms with Crippen LogP contribution in [0.5, 0.6) is 5.75 Å². The Balaban J connectivity index is 2.51. The molecule has 0 unspecified atom stereocenters.